The molecule has 0 spiro atoms. The number of thiocarbonyl (C=S) groups is 1. The maximum absolute atomic E-state index is 13.5. The summed E-state index contributed by atoms with van der Waals surface area (Å²) in [6, 6.07) is 11.2. The molecule has 2 heterocycles. The molecule has 4 rings (SSSR count). The lowest BCUT2D eigenvalue weighted by atomic mass is 10.0. The summed E-state index contributed by atoms with van der Waals surface area (Å²) in [4.78, 5) is 30.2. The van der Waals surface area contributed by atoms with Crippen molar-refractivity contribution in [1.82, 2.24) is 4.90 Å². The summed E-state index contributed by atoms with van der Waals surface area (Å²) >= 11 is 5.48. The second-order valence-electron chi connectivity index (χ2n) is 8.60. The van der Waals surface area contributed by atoms with Gasteiger partial charge in [-0.15, -0.1) is 0 Å². The van der Waals surface area contributed by atoms with Crippen molar-refractivity contribution >= 4 is 45.6 Å². The number of amides is 1. The number of hydrogen-bond donors (Lipinski definition) is 0. The van der Waals surface area contributed by atoms with Crippen LogP contribution in [0.25, 0.3) is 15.8 Å². The molecule has 0 radical (unpaired) electrons. The lowest BCUT2D eigenvalue weighted by Crippen LogP contribution is -2.44. The summed E-state index contributed by atoms with van der Waals surface area (Å²) < 4.78 is 51.3. The van der Waals surface area contributed by atoms with Gasteiger partial charge in [0.2, 0.25) is 0 Å². The van der Waals surface area contributed by atoms with Crippen molar-refractivity contribution < 1.29 is 27.1 Å². The Morgan fingerprint density at radius 3 is 2.53 bits per heavy atom. The minimum atomic E-state index is -4.75. The minimum Gasteiger partial charge on any atom is -0.493 e. The number of fused-ring (bicyclic) bond motifs is 1. The van der Waals surface area contributed by atoms with Gasteiger partial charge in [-0.3, -0.25) is 9.69 Å². The lowest BCUT2D eigenvalue weighted by Gasteiger charge is -2.29. The second kappa shape index (κ2) is 9.28. The SMILES string of the molecule is [C-]#[N+]c1ccc(N2C(=O)C(C)(C)N(CCCOc3ccc4ccc(=O)oc4c3)C2=S)cc1C(F)(F)F. The third kappa shape index (κ3) is 4.64. The molecular formula is C25H20F3N3O4S. The molecule has 11 heteroatoms. The monoisotopic (exact) mass is 515 g/mol. The van der Waals surface area contributed by atoms with Crippen molar-refractivity contribution in [3.8, 4) is 5.75 Å². The van der Waals surface area contributed by atoms with Crippen LogP contribution in [-0.2, 0) is 11.0 Å². The number of halogens is 3. The van der Waals surface area contributed by atoms with E-state index in [1.165, 1.54) is 12.1 Å². The van der Waals surface area contributed by atoms with Gasteiger partial charge in [0, 0.05) is 29.8 Å². The van der Waals surface area contributed by atoms with Crippen LogP contribution >= 0.6 is 12.2 Å². The van der Waals surface area contributed by atoms with Crippen LogP contribution in [0.5, 0.6) is 5.75 Å². The molecule has 1 saturated heterocycles. The van der Waals surface area contributed by atoms with Gasteiger partial charge < -0.3 is 14.1 Å². The Morgan fingerprint density at radius 1 is 1.11 bits per heavy atom. The molecule has 1 fully saturated rings. The van der Waals surface area contributed by atoms with Gasteiger partial charge in [-0.25, -0.2) is 9.64 Å². The van der Waals surface area contributed by atoms with Gasteiger partial charge in [-0.2, -0.15) is 13.2 Å². The number of rotatable bonds is 6. The highest BCUT2D eigenvalue weighted by Crippen LogP contribution is 2.40. The highest BCUT2D eigenvalue weighted by Gasteiger charge is 2.49. The van der Waals surface area contributed by atoms with Gasteiger partial charge in [0.15, 0.2) is 10.8 Å². The molecule has 0 saturated carbocycles. The minimum absolute atomic E-state index is 0.0470. The van der Waals surface area contributed by atoms with E-state index >= 15 is 0 Å². The number of alkyl halides is 3. The molecule has 7 nitrogen and oxygen atoms in total. The van der Waals surface area contributed by atoms with Gasteiger partial charge in [-0.05, 0) is 62.8 Å². The van der Waals surface area contributed by atoms with Crippen LogP contribution in [0.2, 0.25) is 0 Å². The number of benzene rings is 2. The first kappa shape index (κ1) is 25.2. The van der Waals surface area contributed by atoms with Crippen LogP contribution in [0.1, 0.15) is 25.8 Å². The van der Waals surface area contributed by atoms with Crippen LogP contribution in [0.15, 0.2) is 57.7 Å². The normalized spacial score (nSPS) is 15.4. The molecule has 0 N–H and O–H groups in total. The summed E-state index contributed by atoms with van der Waals surface area (Å²) in [5, 5.41) is 0.823. The summed E-state index contributed by atoms with van der Waals surface area (Å²) in [6.45, 7) is 10.9. The maximum Gasteiger partial charge on any atom is 0.407 e. The zero-order valence-electron chi connectivity index (χ0n) is 19.3. The number of anilines is 1. The highest BCUT2D eigenvalue weighted by molar-refractivity contribution is 7.80. The van der Waals surface area contributed by atoms with Crippen molar-refractivity contribution in [3.63, 3.8) is 0 Å². The number of carbonyl (C=O) groups excluding carboxylic acids is 1. The number of nitrogens with zero attached hydrogens (tertiary/aromatic N) is 3. The molecule has 2 aromatic carbocycles. The summed E-state index contributed by atoms with van der Waals surface area (Å²) in [7, 11) is 0. The quantitative estimate of drug-likeness (QED) is 0.186. The molecule has 1 aliphatic heterocycles. The van der Waals surface area contributed by atoms with Gasteiger partial charge >= 0.3 is 11.8 Å². The second-order valence-corrected chi connectivity index (χ2v) is 8.97. The zero-order chi connectivity index (χ0) is 26.3. The van der Waals surface area contributed by atoms with E-state index < -0.39 is 34.5 Å². The Bertz CT molecular complexity index is 1460. The zero-order valence-corrected chi connectivity index (χ0v) is 20.1. The van der Waals surface area contributed by atoms with E-state index in [0.29, 0.717) is 24.3 Å². The van der Waals surface area contributed by atoms with Gasteiger partial charge in [0.25, 0.3) is 5.91 Å². The number of hydrogen-bond acceptors (Lipinski definition) is 5. The molecule has 0 aliphatic carbocycles. The summed E-state index contributed by atoms with van der Waals surface area (Å²) in [6.07, 6.45) is -4.30. The molecule has 0 bridgehead atoms. The Morgan fingerprint density at radius 2 is 1.83 bits per heavy atom. The van der Waals surface area contributed by atoms with E-state index in [0.717, 1.165) is 22.4 Å². The van der Waals surface area contributed by atoms with E-state index in [9.17, 15) is 22.8 Å². The van der Waals surface area contributed by atoms with E-state index in [4.69, 9.17) is 27.9 Å². The highest BCUT2D eigenvalue weighted by atomic mass is 32.1. The van der Waals surface area contributed by atoms with E-state index in [1.807, 2.05) is 0 Å². The predicted molar refractivity (Wildman–Crippen MR) is 131 cm³/mol. The first-order valence-electron chi connectivity index (χ1n) is 10.8. The van der Waals surface area contributed by atoms with Crippen molar-refractivity contribution in [2.75, 3.05) is 18.1 Å². The van der Waals surface area contributed by atoms with Gasteiger partial charge in [0.05, 0.1) is 18.7 Å². The van der Waals surface area contributed by atoms with Crippen molar-refractivity contribution in [1.29, 1.82) is 0 Å². The third-order valence-corrected chi connectivity index (χ3v) is 6.28. The van der Waals surface area contributed by atoms with Crippen LogP contribution in [0.4, 0.5) is 24.5 Å². The average Bonchev–Trinajstić information content (AvgIpc) is 2.99. The lowest BCUT2D eigenvalue weighted by molar-refractivity contribution is -0.136. The standard InChI is InChI=1S/C25H20F3N3O4S/c1-24(2)22(33)31(16-7-9-19(29-3)18(13-16)25(26,27)28)23(36)30(24)11-4-12-34-17-8-5-15-6-10-21(32)35-20(15)14-17/h5-10,13-14H,4,11-12H2,1-2H3. The maximum atomic E-state index is 13.5. The first-order valence-corrected chi connectivity index (χ1v) is 11.3. The summed E-state index contributed by atoms with van der Waals surface area (Å²) in [5.74, 6) is 0.0269. The van der Waals surface area contributed by atoms with Crippen LogP contribution in [0, 0.1) is 6.57 Å². The Labute approximate surface area is 209 Å². The molecule has 0 unspecified atom stereocenters. The molecule has 1 aliphatic rings. The molecule has 0 atom stereocenters. The molecule has 186 valence electrons. The summed E-state index contributed by atoms with van der Waals surface area (Å²) in [5.41, 5.74) is -2.89. The smallest absolute Gasteiger partial charge is 0.407 e. The molecule has 1 amide bonds. The number of ether oxygens (including phenoxy) is 1. The first-order chi connectivity index (χ1) is 16.9. The molecular weight excluding hydrogens is 495 g/mol. The van der Waals surface area contributed by atoms with E-state index in [1.54, 1.807) is 43.0 Å². The predicted octanol–water partition coefficient (Wildman–Crippen LogP) is 5.54. The Kier molecular flexibility index (Phi) is 6.49. The van der Waals surface area contributed by atoms with Crippen LogP contribution in [0.3, 0.4) is 0 Å². The Hall–Kier alpha value is -3.91. The van der Waals surface area contributed by atoms with E-state index in [2.05, 4.69) is 4.85 Å². The van der Waals surface area contributed by atoms with E-state index in [-0.39, 0.29) is 17.4 Å². The average molecular weight is 516 g/mol. The fourth-order valence-corrected chi connectivity index (χ4v) is 4.48. The Balaban J connectivity index is 1.47. The fraction of sp³-hybridized carbons (Fsp3) is 0.280. The van der Waals surface area contributed by atoms with Gasteiger partial charge in [-0.1, -0.05) is 6.07 Å². The molecule has 1 aromatic heterocycles. The van der Waals surface area contributed by atoms with Crippen LogP contribution < -0.4 is 15.3 Å². The van der Waals surface area contributed by atoms with Crippen LogP contribution in [-0.4, -0.2) is 34.6 Å². The fourth-order valence-electron chi connectivity index (χ4n) is 3.97. The number of carbonyl (C=O) groups is 1. The largest absolute Gasteiger partial charge is 0.493 e. The molecule has 3 aromatic rings. The van der Waals surface area contributed by atoms with Crippen molar-refractivity contribution in [3.05, 3.63) is 75.9 Å². The van der Waals surface area contributed by atoms with Crippen molar-refractivity contribution in [2.45, 2.75) is 32.0 Å². The topological polar surface area (TPSA) is 67.3 Å². The van der Waals surface area contributed by atoms with Gasteiger partial charge in [0.1, 0.15) is 16.9 Å². The van der Waals surface area contributed by atoms with Crippen molar-refractivity contribution in [2.24, 2.45) is 0 Å². The molecule has 36 heavy (non-hydrogen) atoms. The third-order valence-electron chi connectivity index (χ3n) is 5.88.